The van der Waals surface area contributed by atoms with Crippen molar-refractivity contribution in [1.82, 2.24) is 4.90 Å². The lowest BCUT2D eigenvalue weighted by Gasteiger charge is -2.40. The summed E-state index contributed by atoms with van der Waals surface area (Å²) in [6, 6.07) is 2.22. The first-order chi connectivity index (χ1) is 4.21. The maximum Gasteiger partial charge on any atom is 0.155 e. The third-order valence-electron chi connectivity index (χ3n) is 1.75. The van der Waals surface area contributed by atoms with Crippen LogP contribution in [0.25, 0.3) is 0 Å². The van der Waals surface area contributed by atoms with Crippen molar-refractivity contribution in [3.63, 3.8) is 0 Å². The quantitative estimate of drug-likeness (QED) is 0.555. The van der Waals surface area contributed by atoms with Gasteiger partial charge in [0.2, 0.25) is 0 Å². The number of likely N-dealkylation sites (N-methyl/N-ethyl adjacent to an activating group) is 1. The Bertz CT molecular complexity index is 148. The molecule has 1 aliphatic rings. The fourth-order valence-corrected chi connectivity index (χ4v) is 0.718. The van der Waals surface area contributed by atoms with E-state index in [1.54, 1.807) is 0 Å². The highest BCUT2D eigenvalue weighted by molar-refractivity contribution is 5.85. The van der Waals surface area contributed by atoms with E-state index in [4.69, 9.17) is 10.00 Å². The summed E-state index contributed by atoms with van der Waals surface area (Å²) >= 11 is 0. The van der Waals surface area contributed by atoms with Gasteiger partial charge in [-0.3, -0.25) is 4.90 Å². The number of ether oxygens (including phenoxy) is 1. The predicted molar refractivity (Wildman–Crippen MR) is 40.1 cm³/mol. The van der Waals surface area contributed by atoms with Crippen molar-refractivity contribution in [2.24, 2.45) is 0 Å². The third kappa shape index (κ3) is 1.24. The van der Waals surface area contributed by atoms with E-state index in [9.17, 15) is 0 Å². The topological polar surface area (TPSA) is 36.3 Å². The molecule has 0 saturated carbocycles. The van der Waals surface area contributed by atoms with Gasteiger partial charge in [-0.1, -0.05) is 0 Å². The zero-order chi connectivity index (χ0) is 6.91. The molecule has 4 heteroatoms. The Morgan fingerprint density at radius 1 is 1.50 bits per heavy atom. The molecule has 0 bridgehead atoms. The van der Waals surface area contributed by atoms with Crippen LogP contribution in [-0.4, -0.2) is 37.7 Å². The smallest absolute Gasteiger partial charge is 0.155 e. The van der Waals surface area contributed by atoms with E-state index in [0.717, 1.165) is 0 Å². The number of nitrogens with zero attached hydrogens (tertiary/aromatic N) is 2. The molecule has 1 heterocycles. The maximum absolute atomic E-state index is 8.64. The minimum absolute atomic E-state index is 0. The lowest BCUT2D eigenvalue weighted by molar-refractivity contribution is -0.0909. The van der Waals surface area contributed by atoms with Crippen molar-refractivity contribution < 1.29 is 4.74 Å². The van der Waals surface area contributed by atoms with Gasteiger partial charge in [-0.25, -0.2) is 0 Å². The minimum Gasteiger partial charge on any atom is -0.375 e. The number of nitriles is 1. The van der Waals surface area contributed by atoms with E-state index in [-0.39, 0.29) is 17.9 Å². The van der Waals surface area contributed by atoms with Crippen LogP contribution in [0, 0.1) is 11.3 Å². The van der Waals surface area contributed by atoms with Gasteiger partial charge in [-0.2, -0.15) is 5.26 Å². The molecule has 1 rings (SSSR count). The molecule has 0 N–H and O–H groups in total. The molecule has 0 aromatic rings. The second-order valence-corrected chi connectivity index (χ2v) is 2.53. The second kappa shape index (κ2) is 3.20. The monoisotopic (exact) mass is 162 g/mol. The second-order valence-electron chi connectivity index (χ2n) is 2.53. The molecule has 0 aromatic heterocycles. The van der Waals surface area contributed by atoms with Crippen molar-refractivity contribution in [3.05, 3.63) is 0 Å². The summed E-state index contributed by atoms with van der Waals surface area (Å²) in [6.07, 6.45) is 0. The summed E-state index contributed by atoms with van der Waals surface area (Å²) in [5.74, 6) is 0. The van der Waals surface area contributed by atoms with Crippen LogP contribution < -0.4 is 0 Å². The Morgan fingerprint density at radius 2 is 2.00 bits per heavy atom. The van der Waals surface area contributed by atoms with Gasteiger partial charge in [0.15, 0.2) is 5.54 Å². The van der Waals surface area contributed by atoms with Crippen LogP contribution in [0.15, 0.2) is 0 Å². The number of halogens is 1. The summed E-state index contributed by atoms with van der Waals surface area (Å²) in [6.45, 7) is 1.10. The lowest BCUT2D eigenvalue weighted by atomic mass is 9.99. The first-order valence-corrected chi connectivity index (χ1v) is 2.88. The lowest BCUT2D eigenvalue weighted by Crippen LogP contribution is -2.58. The number of hydrogen-bond acceptors (Lipinski definition) is 3. The molecule has 0 aliphatic carbocycles. The molecule has 1 fully saturated rings. The molecule has 0 amide bonds. The van der Waals surface area contributed by atoms with Crippen LogP contribution in [0.1, 0.15) is 0 Å². The molecular weight excluding hydrogens is 152 g/mol. The normalized spacial score (nSPS) is 20.6. The number of hydrogen-bond donors (Lipinski definition) is 0. The van der Waals surface area contributed by atoms with Crippen LogP contribution >= 0.6 is 12.4 Å². The van der Waals surface area contributed by atoms with Crippen LogP contribution in [0.5, 0.6) is 0 Å². The van der Waals surface area contributed by atoms with Crippen LogP contribution in [0.4, 0.5) is 0 Å². The molecule has 0 atom stereocenters. The first-order valence-electron chi connectivity index (χ1n) is 2.88. The molecule has 0 radical (unpaired) electrons. The van der Waals surface area contributed by atoms with Gasteiger partial charge in [-0.15, -0.1) is 12.4 Å². The van der Waals surface area contributed by atoms with Gasteiger partial charge in [-0.05, 0) is 14.1 Å². The van der Waals surface area contributed by atoms with E-state index < -0.39 is 0 Å². The fourth-order valence-electron chi connectivity index (χ4n) is 0.718. The predicted octanol–water partition coefficient (Wildman–Crippen LogP) is 0.262. The zero-order valence-corrected chi connectivity index (χ0v) is 6.94. The summed E-state index contributed by atoms with van der Waals surface area (Å²) in [5.41, 5.74) is -0.319. The van der Waals surface area contributed by atoms with E-state index in [2.05, 4.69) is 6.07 Å². The summed E-state index contributed by atoms with van der Waals surface area (Å²) in [5, 5.41) is 8.64. The standard InChI is InChI=1S/C6H10N2O.ClH/c1-8(2)6(3-7)4-9-5-6;/h4-5H2,1-2H3;1H. The summed E-state index contributed by atoms with van der Waals surface area (Å²) < 4.78 is 4.93. The molecule has 3 nitrogen and oxygen atoms in total. The SMILES string of the molecule is CN(C)C1(C#N)COC1.Cl. The summed E-state index contributed by atoms with van der Waals surface area (Å²) in [7, 11) is 3.79. The van der Waals surface area contributed by atoms with Crippen molar-refractivity contribution in [3.8, 4) is 6.07 Å². The molecule has 1 aliphatic heterocycles. The van der Waals surface area contributed by atoms with Crippen LogP contribution in [0.3, 0.4) is 0 Å². The molecule has 58 valence electrons. The molecule has 0 aromatic carbocycles. The van der Waals surface area contributed by atoms with Crippen molar-refractivity contribution in [1.29, 1.82) is 5.26 Å². The zero-order valence-electron chi connectivity index (χ0n) is 6.13. The van der Waals surface area contributed by atoms with E-state index in [1.807, 2.05) is 19.0 Å². The molecule has 0 unspecified atom stereocenters. The molecule has 1 saturated heterocycles. The summed E-state index contributed by atoms with van der Waals surface area (Å²) in [4.78, 5) is 1.90. The van der Waals surface area contributed by atoms with Crippen LogP contribution in [0.2, 0.25) is 0 Å². The Morgan fingerprint density at radius 3 is 2.00 bits per heavy atom. The minimum atomic E-state index is -0.319. The van der Waals surface area contributed by atoms with Gasteiger partial charge < -0.3 is 4.74 Å². The Hall–Kier alpha value is -0.300. The van der Waals surface area contributed by atoms with Crippen molar-refractivity contribution in [2.45, 2.75) is 5.54 Å². The van der Waals surface area contributed by atoms with E-state index >= 15 is 0 Å². The fraction of sp³-hybridized carbons (Fsp3) is 0.833. The van der Waals surface area contributed by atoms with Gasteiger partial charge in [0.05, 0.1) is 19.3 Å². The highest BCUT2D eigenvalue weighted by atomic mass is 35.5. The Kier molecular flexibility index (Phi) is 3.10. The highest BCUT2D eigenvalue weighted by Gasteiger charge is 2.40. The molecule has 0 spiro atoms. The van der Waals surface area contributed by atoms with E-state index in [0.29, 0.717) is 13.2 Å². The van der Waals surface area contributed by atoms with Gasteiger partial charge in [0, 0.05) is 0 Å². The maximum atomic E-state index is 8.64. The Labute approximate surface area is 67.0 Å². The van der Waals surface area contributed by atoms with Crippen molar-refractivity contribution in [2.75, 3.05) is 27.3 Å². The highest BCUT2D eigenvalue weighted by Crippen LogP contribution is 2.20. The Balaban J connectivity index is 0.000000810. The molecular formula is C6H11ClN2O. The van der Waals surface area contributed by atoms with E-state index in [1.165, 1.54) is 0 Å². The van der Waals surface area contributed by atoms with Gasteiger partial charge in [0.1, 0.15) is 0 Å². The largest absolute Gasteiger partial charge is 0.375 e. The van der Waals surface area contributed by atoms with Crippen LogP contribution in [-0.2, 0) is 4.74 Å². The first kappa shape index (κ1) is 9.70. The average molecular weight is 163 g/mol. The number of rotatable bonds is 1. The third-order valence-corrected chi connectivity index (χ3v) is 1.75. The average Bonchev–Trinajstić information content (AvgIpc) is 1.62. The van der Waals surface area contributed by atoms with Gasteiger partial charge in [0.25, 0.3) is 0 Å². The van der Waals surface area contributed by atoms with Gasteiger partial charge >= 0.3 is 0 Å². The van der Waals surface area contributed by atoms with Crippen molar-refractivity contribution >= 4 is 12.4 Å². The molecule has 10 heavy (non-hydrogen) atoms.